The van der Waals surface area contributed by atoms with Gasteiger partial charge in [-0.3, -0.25) is 10.2 Å². The molecule has 12 heavy (non-hydrogen) atoms. The molecule has 0 unspecified atom stereocenters. The Morgan fingerprint density at radius 3 is 2.75 bits per heavy atom. The van der Waals surface area contributed by atoms with Gasteiger partial charge in [-0.2, -0.15) is 0 Å². The van der Waals surface area contributed by atoms with Crippen molar-refractivity contribution < 1.29 is 14.3 Å². The zero-order chi connectivity index (χ0) is 9.40. The van der Waals surface area contributed by atoms with E-state index in [-0.39, 0.29) is 17.7 Å². The molecule has 5 nitrogen and oxygen atoms in total. The Labute approximate surface area is 76.3 Å². The second kappa shape index (κ2) is 7.08. The summed E-state index contributed by atoms with van der Waals surface area (Å²) in [5, 5.41) is 8.77. The molecule has 0 aliphatic rings. The summed E-state index contributed by atoms with van der Waals surface area (Å²) in [6, 6.07) is 0. The molecule has 6 heteroatoms. The van der Waals surface area contributed by atoms with Crippen molar-refractivity contribution in [2.75, 3.05) is 26.9 Å². The van der Waals surface area contributed by atoms with Gasteiger partial charge in [-0.15, -0.1) is 12.6 Å². The number of nitrogens with one attached hydrogen (secondary N) is 2. The van der Waals surface area contributed by atoms with E-state index in [2.05, 4.69) is 17.9 Å². The Balaban J connectivity index is 3.26. The molecule has 0 aromatic carbocycles. The van der Waals surface area contributed by atoms with Crippen LogP contribution in [0.1, 0.15) is 0 Å². The number of hydrogen-bond acceptors (Lipinski definition) is 4. The smallest absolute Gasteiger partial charge is 0.251 e. The van der Waals surface area contributed by atoms with Gasteiger partial charge in [-0.05, 0) is 0 Å². The van der Waals surface area contributed by atoms with Crippen LogP contribution in [0.4, 0.5) is 0 Å². The first kappa shape index (κ1) is 11.4. The highest BCUT2D eigenvalue weighted by Gasteiger charge is 2.00. The van der Waals surface area contributed by atoms with Gasteiger partial charge in [0.2, 0.25) is 0 Å². The van der Waals surface area contributed by atoms with Crippen LogP contribution in [-0.2, 0) is 14.3 Å². The van der Waals surface area contributed by atoms with Crippen LogP contribution in [0.3, 0.4) is 0 Å². The summed E-state index contributed by atoms with van der Waals surface area (Å²) in [5.41, 5.74) is 0. The summed E-state index contributed by atoms with van der Waals surface area (Å²) in [4.78, 5) is 10.7. The first-order chi connectivity index (χ1) is 5.66. The summed E-state index contributed by atoms with van der Waals surface area (Å²) in [6.07, 6.45) is 0. The van der Waals surface area contributed by atoms with Crippen LogP contribution < -0.4 is 5.32 Å². The van der Waals surface area contributed by atoms with Crippen molar-refractivity contribution in [2.45, 2.75) is 0 Å². The summed E-state index contributed by atoms with van der Waals surface area (Å²) in [5.74, 6) is -0.383. The van der Waals surface area contributed by atoms with E-state index in [9.17, 15) is 4.79 Å². The van der Waals surface area contributed by atoms with Crippen molar-refractivity contribution in [3.8, 4) is 0 Å². The van der Waals surface area contributed by atoms with Crippen molar-refractivity contribution in [2.24, 2.45) is 0 Å². The van der Waals surface area contributed by atoms with E-state index in [1.54, 1.807) is 7.11 Å². The highest BCUT2D eigenvalue weighted by atomic mass is 32.1. The molecule has 0 bridgehead atoms. The van der Waals surface area contributed by atoms with E-state index in [0.717, 1.165) is 0 Å². The molecule has 1 amide bonds. The largest absolute Gasteiger partial charge is 0.382 e. The average Bonchev–Trinajstić information content (AvgIpc) is 1.97. The van der Waals surface area contributed by atoms with Crippen LogP contribution in [0.2, 0.25) is 0 Å². The third kappa shape index (κ3) is 7.52. The zero-order valence-corrected chi connectivity index (χ0v) is 7.69. The van der Waals surface area contributed by atoms with Gasteiger partial charge in [0, 0.05) is 7.11 Å². The predicted molar refractivity (Wildman–Crippen MR) is 47.6 cm³/mol. The molecule has 0 saturated carbocycles. The Bertz CT molecular complexity index is 163. The molecule has 0 aromatic heterocycles. The maximum Gasteiger partial charge on any atom is 0.251 e. The third-order valence-corrected chi connectivity index (χ3v) is 1.03. The molecule has 0 aliphatic heterocycles. The molecular weight excluding hydrogens is 180 g/mol. The topological polar surface area (TPSA) is 71.4 Å². The lowest BCUT2D eigenvalue weighted by Gasteiger charge is -2.02. The molecule has 0 fully saturated rings. The third-order valence-electron chi connectivity index (χ3n) is 0.923. The van der Waals surface area contributed by atoms with Gasteiger partial charge in [0.15, 0.2) is 5.17 Å². The first-order valence-corrected chi connectivity index (χ1v) is 3.75. The van der Waals surface area contributed by atoms with E-state index in [0.29, 0.717) is 13.2 Å². The minimum atomic E-state index is -0.383. The Kier molecular flexibility index (Phi) is 6.73. The lowest BCUT2D eigenvalue weighted by atomic mass is 10.6. The highest BCUT2D eigenvalue weighted by molar-refractivity contribution is 7.96. The van der Waals surface area contributed by atoms with E-state index in [1.165, 1.54) is 0 Å². The first-order valence-electron chi connectivity index (χ1n) is 3.31. The zero-order valence-electron chi connectivity index (χ0n) is 6.79. The van der Waals surface area contributed by atoms with Crippen molar-refractivity contribution >= 4 is 23.7 Å². The van der Waals surface area contributed by atoms with Crippen molar-refractivity contribution in [3.63, 3.8) is 0 Å². The van der Waals surface area contributed by atoms with Gasteiger partial charge in [0.05, 0.1) is 13.2 Å². The second-order valence-electron chi connectivity index (χ2n) is 1.94. The Morgan fingerprint density at radius 1 is 1.58 bits per heavy atom. The van der Waals surface area contributed by atoms with Gasteiger partial charge in [0.25, 0.3) is 5.91 Å². The monoisotopic (exact) mass is 192 g/mol. The second-order valence-corrected chi connectivity index (χ2v) is 2.39. The van der Waals surface area contributed by atoms with Crippen LogP contribution in [-0.4, -0.2) is 38.0 Å². The van der Waals surface area contributed by atoms with Crippen LogP contribution in [0.25, 0.3) is 0 Å². The molecule has 2 N–H and O–H groups in total. The average molecular weight is 192 g/mol. The lowest BCUT2D eigenvalue weighted by Crippen LogP contribution is -2.30. The molecule has 0 saturated heterocycles. The molecule has 0 atom stereocenters. The number of ether oxygens (including phenoxy) is 2. The van der Waals surface area contributed by atoms with Crippen LogP contribution in [0.15, 0.2) is 0 Å². The SMILES string of the molecule is COCCOCC(=O)NC(=N)S. The molecule has 0 rings (SSSR count). The van der Waals surface area contributed by atoms with E-state index < -0.39 is 0 Å². The summed E-state index contributed by atoms with van der Waals surface area (Å²) in [7, 11) is 1.55. The lowest BCUT2D eigenvalue weighted by molar-refractivity contribution is -0.124. The van der Waals surface area contributed by atoms with Crippen LogP contribution >= 0.6 is 12.6 Å². The predicted octanol–water partition coefficient (Wildman–Crippen LogP) is -0.370. The minimum absolute atomic E-state index is 0.0771. The standard InChI is InChI=1S/C6H12N2O3S/c1-10-2-3-11-4-5(9)8-6(7)12/h2-4H2,1H3,(H3,7,8,9,12). The van der Waals surface area contributed by atoms with Gasteiger partial charge < -0.3 is 14.8 Å². The van der Waals surface area contributed by atoms with Crippen molar-refractivity contribution in [3.05, 3.63) is 0 Å². The highest BCUT2D eigenvalue weighted by Crippen LogP contribution is 1.78. The summed E-state index contributed by atoms with van der Waals surface area (Å²) < 4.78 is 9.56. The number of thiol groups is 1. The molecule has 0 heterocycles. The van der Waals surface area contributed by atoms with Crippen LogP contribution in [0.5, 0.6) is 0 Å². The molecule has 0 aliphatic carbocycles. The number of methoxy groups -OCH3 is 1. The molecule has 0 aromatic rings. The van der Waals surface area contributed by atoms with Gasteiger partial charge in [-0.1, -0.05) is 0 Å². The molecule has 0 spiro atoms. The Hall–Kier alpha value is -0.590. The summed E-state index contributed by atoms with van der Waals surface area (Å²) in [6.45, 7) is 0.738. The van der Waals surface area contributed by atoms with E-state index in [1.807, 2.05) is 0 Å². The maximum absolute atomic E-state index is 10.7. The molecular formula is C6H12N2O3S. The Morgan fingerprint density at radius 2 is 2.25 bits per heavy atom. The number of carbonyl (C=O) groups is 1. The van der Waals surface area contributed by atoms with Gasteiger partial charge in [-0.25, -0.2) is 0 Å². The number of amides is 1. The number of hydrogen-bond donors (Lipinski definition) is 3. The fourth-order valence-corrected chi connectivity index (χ4v) is 0.600. The normalized spacial score (nSPS) is 9.50. The molecule has 0 radical (unpaired) electrons. The maximum atomic E-state index is 10.7. The number of rotatable bonds is 5. The fourth-order valence-electron chi connectivity index (χ4n) is 0.475. The van der Waals surface area contributed by atoms with Gasteiger partial charge in [0.1, 0.15) is 6.61 Å². The fraction of sp³-hybridized carbons (Fsp3) is 0.667. The van der Waals surface area contributed by atoms with E-state index >= 15 is 0 Å². The van der Waals surface area contributed by atoms with Crippen molar-refractivity contribution in [1.29, 1.82) is 5.41 Å². The van der Waals surface area contributed by atoms with Gasteiger partial charge >= 0.3 is 0 Å². The summed E-state index contributed by atoms with van der Waals surface area (Å²) >= 11 is 3.57. The minimum Gasteiger partial charge on any atom is -0.382 e. The number of amidine groups is 1. The quantitative estimate of drug-likeness (QED) is 0.241. The van der Waals surface area contributed by atoms with Crippen molar-refractivity contribution in [1.82, 2.24) is 5.32 Å². The number of carbonyl (C=O) groups excluding carboxylic acids is 1. The van der Waals surface area contributed by atoms with Crippen LogP contribution in [0, 0.1) is 5.41 Å². The molecule has 70 valence electrons. The van der Waals surface area contributed by atoms with E-state index in [4.69, 9.17) is 14.9 Å².